The Balaban J connectivity index is 1.54. The molecule has 42 heavy (non-hydrogen) atoms. The molecule has 0 heterocycles. The van der Waals surface area contributed by atoms with Crippen molar-refractivity contribution in [2.45, 2.75) is 37.5 Å². The fraction of sp³-hybridized carbons (Fsp3) is 0.143. The van der Waals surface area contributed by atoms with Crippen molar-refractivity contribution in [2.24, 2.45) is 0 Å². The highest BCUT2D eigenvalue weighted by molar-refractivity contribution is 6.05. The molecule has 3 aliphatic carbocycles. The minimum Gasteiger partial charge on any atom is -0.0642 e. The van der Waals surface area contributed by atoms with E-state index in [1.54, 1.807) is 0 Å². The molecule has 0 N–H and O–H groups in total. The predicted molar refractivity (Wildman–Crippen MR) is 175 cm³/mol. The Labute approximate surface area is 248 Å². The van der Waals surface area contributed by atoms with Crippen LogP contribution < -0.4 is 0 Å². The molecule has 0 unspecified atom stereocenters. The number of hydrogen-bond acceptors (Lipinski definition) is 0. The first kappa shape index (κ1) is 24.0. The van der Waals surface area contributed by atoms with Crippen LogP contribution in [0.4, 0.5) is 0 Å². The average molecular weight is 537 g/mol. The Morgan fingerprint density at radius 3 is 1.43 bits per heavy atom. The van der Waals surface area contributed by atoms with Crippen LogP contribution in [-0.4, -0.2) is 0 Å². The van der Waals surface area contributed by atoms with Crippen LogP contribution in [0.1, 0.15) is 60.1 Å². The summed E-state index contributed by atoms with van der Waals surface area (Å²) < 4.78 is 0. The van der Waals surface area contributed by atoms with E-state index in [9.17, 15) is 0 Å². The van der Waals surface area contributed by atoms with E-state index in [-0.39, 0.29) is 10.8 Å². The van der Waals surface area contributed by atoms with Gasteiger partial charge in [-0.05, 0) is 96.8 Å². The SMILES string of the molecule is CCC1(CC)c2ccccc2-c2c3c(cc(-c4ccccc4)c21)C1(c2ccccc2-c2ccccc21)c1ccccc1-3. The lowest BCUT2D eigenvalue weighted by Crippen LogP contribution is -2.27. The summed E-state index contributed by atoms with van der Waals surface area (Å²) in [6, 6.07) is 50.6. The van der Waals surface area contributed by atoms with Gasteiger partial charge in [0.15, 0.2) is 0 Å². The van der Waals surface area contributed by atoms with Gasteiger partial charge in [-0.2, -0.15) is 0 Å². The van der Waals surface area contributed by atoms with E-state index in [4.69, 9.17) is 0 Å². The molecule has 0 fully saturated rings. The van der Waals surface area contributed by atoms with E-state index in [1.165, 1.54) is 77.9 Å². The zero-order chi connectivity index (χ0) is 28.1. The lowest BCUT2D eigenvalue weighted by molar-refractivity contribution is 0.491. The van der Waals surface area contributed by atoms with Crippen LogP contribution in [0.15, 0.2) is 133 Å². The second-order valence-corrected chi connectivity index (χ2v) is 12.2. The Hall–Kier alpha value is -4.68. The summed E-state index contributed by atoms with van der Waals surface area (Å²) in [6.07, 6.45) is 2.15. The summed E-state index contributed by atoms with van der Waals surface area (Å²) >= 11 is 0. The molecule has 0 saturated heterocycles. The summed E-state index contributed by atoms with van der Waals surface area (Å²) in [5.41, 5.74) is 19.4. The van der Waals surface area contributed by atoms with Gasteiger partial charge in [0.1, 0.15) is 0 Å². The number of fused-ring (bicyclic) bond motifs is 14. The molecule has 0 saturated carbocycles. The number of benzene rings is 6. The molecule has 0 aliphatic heterocycles. The summed E-state index contributed by atoms with van der Waals surface area (Å²) in [6.45, 7) is 4.77. The Morgan fingerprint density at radius 1 is 0.405 bits per heavy atom. The van der Waals surface area contributed by atoms with Crippen LogP contribution in [0, 0.1) is 0 Å². The molecule has 0 aromatic heterocycles. The Bertz CT molecular complexity index is 2010. The lowest BCUT2D eigenvalue weighted by atomic mass is 9.68. The molecule has 6 aromatic rings. The van der Waals surface area contributed by atoms with Crippen molar-refractivity contribution in [3.05, 3.63) is 167 Å². The maximum atomic E-state index is 2.61. The van der Waals surface area contributed by atoms with Crippen molar-refractivity contribution in [2.75, 3.05) is 0 Å². The highest BCUT2D eigenvalue weighted by atomic mass is 14.6. The quantitative estimate of drug-likeness (QED) is 0.211. The molecule has 0 heteroatoms. The van der Waals surface area contributed by atoms with Crippen molar-refractivity contribution in [1.29, 1.82) is 0 Å². The molecular weight excluding hydrogens is 504 g/mol. The Morgan fingerprint density at radius 2 is 0.857 bits per heavy atom. The van der Waals surface area contributed by atoms with E-state index in [2.05, 4.69) is 147 Å². The fourth-order valence-electron chi connectivity index (χ4n) is 9.10. The van der Waals surface area contributed by atoms with E-state index in [0.717, 1.165) is 12.8 Å². The van der Waals surface area contributed by atoms with Crippen LogP contribution in [0.2, 0.25) is 0 Å². The summed E-state index contributed by atoms with van der Waals surface area (Å²) in [5.74, 6) is 0. The molecule has 0 bridgehead atoms. The maximum absolute atomic E-state index is 2.61. The van der Waals surface area contributed by atoms with Gasteiger partial charge < -0.3 is 0 Å². The normalized spacial score (nSPS) is 15.5. The second kappa shape index (κ2) is 8.43. The molecule has 0 radical (unpaired) electrons. The van der Waals surface area contributed by atoms with E-state index in [0.29, 0.717) is 0 Å². The van der Waals surface area contributed by atoms with Gasteiger partial charge in [0.25, 0.3) is 0 Å². The topological polar surface area (TPSA) is 0 Å². The summed E-state index contributed by atoms with van der Waals surface area (Å²) in [5, 5.41) is 0. The van der Waals surface area contributed by atoms with Crippen LogP contribution >= 0.6 is 0 Å². The first-order valence-corrected chi connectivity index (χ1v) is 15.4. The monoisotopic (exact) mass is 536 g/mol. The van der Waals surface area contributed by atoms with Gasteiger partial charge in [-0.3, -0.25) is 0 Å². The number of rotatable bonds is 3. The third kappa shape index (κ3) is 2.65. The molecule has 3 aliphatic rings. The number of hydrogen-bond donors (Lipinski definition) is 0. The molecule has 1 spiro atoms. The van der Waals surface area contributed by atoms with Gasteiger partial charge >= 0.3 is 0 Å². The molecular formula is C42H32. The van der Waals surface area contributed by atoms with Gasteiger partial charge in [-0.1, -0.05) is 141 Å². The zero-order valence-corrected chi connectivity index (χ0v) is 24.1. The largest absolute Gasteiger partial charge is 0.0725 e. The average Bonchev–Trinajstić information content (AvgIpc) is 3.65. The third-order valence-corrected chi connectivity index (χ3v) is 10.8. The van der Waals surface area contributed by atoms with Gasteiger partial charge in [0.2, 0.25) is 0 Å². The van der Waals surface area contributed by atoms with Gasteiger partial charge in [0, 0.05) is 5.41 Å². The summed E-state index contributed by atoms with van der Waals surface area (Å²) in [4.78, 5) is 0. The smallest absolute Gasteiger partial charge is 0.0642 e. The lowest BCUT2D eigenvalue weighted by Gasteiger charge is -2.34. The first-order valence-electron chi connectivity index (χ1n) is 15.4. The molecule has 0 amide bonds. The van der Waals surface area contributed by atoms with Gasteiger partial charge in [0.05, 0.1) is 5.41 Å². The fourth-order valence-corrected chi connectivity index (χ4v) is 9.10. The van der Waals surface area contributed by atoms with Gasteiger partial charge in [-0.25, -0.2) is 0 Å². The van der Waals surface area contributed by atoms with Crippen LogP contribution in [-0.2, 0) is 10.8 Å². The second-order valence-electron chi connectivity index (χ2n) is 12.2. The van der Waals surface area contributed by atoms with Crippen LogP contribution in [0.25, 0.3) is 44.5 Å². The minimum absolute atomic E-state index is 0.0255. The van der Waals surface area contributed by atoms with Crippen molar-refractivity contribution in [3.8, 4) is 44.5 Å². The standard InChI is InChI=1S/C42H32/c1-3-41(4-2)33-22-12-10-20-30(33)39-38-31-21-11-15-25-36(31)42(37(38)26-32(40(39)41)27-16-6-5-7-17-27)34-23-13-8-18-28(34)29-19-9-14-24-35(29)42/h5-26H,3-4H2,1-2H3. The molecule has 200 valence electrons. The third-order valence-electron chi connectivity index (χ3n) is 10.8. The van der Waals surface area contributed by atoms with Gasteiger partial charge in [-0.15, -0.1) is 0 Å². The first-order chi connectivity index (χ1) is 20.8. The minimum atomic E-state index is -0.351. The Kier molecular flexibility index (Phi) is 4.81. The van der Waals surface area contributed by atoms with Crippen molar-refractivity contribution < 1.29 is 0 Å². The maximum Gasteiger partial charge on any atom is 0.0725 e. The van der Waals surface area contributed by atoms with E-state index in [1.807, 2.05) is 0 Å². The van der Waals surface area contributed by atoms with Crippen molar-refractivity contribution in [3.63, 3.8) is 0 Å². The zero-order valence-electron chi connectivity index (χ0n) is 24.1. The molecule has 0 nitrogen and oxygen atoms in total. The summed E-state index contributed by atoms with van der Waals surface area (Å²) in [7, 11) is 0. The highest BCUT2D eigenvalue weighted by Gasteiger charge is 2.54. The highest BCUT2D eigenvalue weighted by Crippen LogP contribution is 2.68. The van der Waals surface area contributed by atoms with Crippen LogP contribution in [0.3, 0.4) is 0 Å². The van der Waals surface area contributed by atoms with E-state index >= 15 is 0 Å². The molecule has 9 rings (SSSR count). The van der Waals surface area contributed by atoms with Crippen LogP contribution in [0.5, 0.6) is 0 Å². The predicted octanol–water partition coefficient (Wildman–Crippen LogP) is 10.8. The molecule has 6 aromatic carbocycles. The van der Waals surface area contributed by atoms with Crippen molar-refractivity contribution >= 4 is 0 Å². The molecule has 0 atom stereocenters. The van der Waals surface area contributed by atoms with Crippen molar-refractivity contribution in [1.82, 2.24) is 0 Å². The van der Waals surface area contributed by atoms with E-state index < -0.39 is 0 Å².